The Bertz CT molecular complexity index is 640. The minimum absolute atomic E-state index is 0.315. The molecule has 0 atom stereocenters. The summed E-state index contributed by atoms with van der Waals surface area (Å²) < 4.78 is 0. The highest BCUT2D eigenvalue weighted by Crippen LogP contribution is 2.25. The molecule has 0 amide bonds. The molecule has 0 aliphatic rings. The molecule has 0 aromatic heterocycles. The molecule has 0 spiro atoms. The van der Waals surface area contributed by atoms with Gasteiger partial charge in [-0.05, 0) is 72.9 Å². The van der Waals surface area contributed by atoms with Crippen LogP contribution in [0, 0.1) is 13.8 Å². The molecular formula is C17H18O2. The lowest BCUT2D eigenvalue weighted by Gasteiger charge is -2.06. The predicted octanol–water partition coefficient (Wildman–Crippen LogP) is 4.28. The van der Waals surface area contributed by atoms with Crippen molar-refractivity contribution < 1.29 is 10.2 Å². The summed E-state index contributed by atoms with van der Waals surface area (Å²) in [7, 11) is 0. The minimum Gasteiger partial charge on any atom is -0.508 e. The van der Waals surface area contributed by atoms with Crippen LogP contribution in [0.3, 0.4) is 0 Å². The Kier molecular flexibility index (Phi) is 3.61. The van der Waals surface area contributed by atoms with Crippen LogP contribution in [0.15, 0.2) is 36.4 Å². The molecule has 19 heavy (non-hydrogen) atoms. The lowest BCUT2D eigenvalue weighted by molar-refractivity contribution is 0.470. The number of allylic oxidation sites excluding steroid dienone is 1. The van der Waals surface area contributed by atoms with Crippen LogP contribution in [-0.2, 0) is 0 Å². The first-order chi connectivity index (χ1) is 8.97. The van der Waals surface area contributed by atoms with Gasteiger partial charge in [-0.1, -0.05) is 18.2 Å². The third kappa shape index (κ3) is 2.97. The van der Waals surface area contributed by atoms with E-state index in [2.05, 4.69) is 6.08 Å². The van der Waals surface area contributed by atoms with E-state index in [1.807, 2.05) is 45.0 Å². The number of aromatic hydroxyl groups is 2. The normalized spacial score (nSPS) is 11.6. The van der Waals surface area contributed by atoms with Gasteiger partial charge in [0.1, 0.15) is 11.5 Å². The molecule has 0 saturated heterocycles. The van der Waals surface area contributed by atoms with Crippen molar-refractivity contribution in [1.29, 1.82) is 0 Å². The summed E-state index contributed by atoms with van der Waals surface area (Å²) in [6.07, 6.45) is 2.07. The third-order valence-corrected chi connectivity index (χ3v) is 3.26. The molecule has 2 aromatic carbocycles. The summed E-state index contributed by atoms with van der Waals surface area (Å²) in [5.74, 6) is 0.632. The maximum absolute atomic E-state index is 9.53. The second kappa shape index (κ2) is 5.19. The molecule has 2 aromatic rings. The van der Waals surface area contributed by atoms with Gasteiger partial charge < -0.3 is 10.2 Å². The minimum atomic E-state index is 0.315. The quantitative estimate of drug-likeness (QED) is 0.785. The summed E-state index contributed by atoms with van der Waals surface area (Å²) in [5, 5.41) is 19.0. The fourth-order valence-corrected chi connectivity index (χ4v) is 2.00. The van der Waals surface area contributed by atoms with Gasteiger partial charge in [-0.15, -0.1) is 0 Å². The average molecular weight is 254 g/mol. The number of benzene rings is 2. The number of rotatable bonds is 2. The molecule has 0 heterocycles. The largest absolute Gasteiger partial charge is 0.508 e. The van der Waals surface area contributed by atoms with Crippen LogP contribution in [0.5, 0.6) is 11.5 Å². The van der Waals surface area contributed by atoms with Crippen LogP contribution < -0.4 is 0 Å². The highest BCUT2D eigenvalue weighted by atomic mass is 16.3. The van der Waals surface area contributed by atoms with Crippen LogP contribution in [0.1, 0.15) is 29.2 Å². The molecule has 0 saturated carbocycles. The van der Waals surface area contributed by atoms with Crippen LogP contribution in [0.2, 0.25) is 0 Å². The molecule has 0 aliphatic heterocycles. The number of aryl methyl sites for hydroxylation is 2. The monoisotopic (exact) mass is 254 g/mol. The van der Waals surface area contributed by atoms with Gasteiger partial charge >= 0.3 is 0 Å². The Balaban J connectivity index is 2.36. The Labute approximate surface area is 113 Å². The van der Waals surface area contributed by atoms with Gasteiger partial charge in [0.05, 0.1) is 0 Å². The van der Waals surface area contributed by atoms with Crippen molar-refractivity contribution in [3.8, 4) is 11.5 Å². The molecule has 0 aliphatic carbocycles. The van der Waals surface area contributed by atoms with E-state index in [0.29, 0.717) is 11.5 Å². The molecule has 0 unspecified atom stereocenters. The summed E-state index contributed by atoms with van der Waals surface area (Å²) in [6.45, 7) is 5.80. The zero-order valence-electron chi connectivity index (χ0n) is 11.4. The Morgan fingerprint density at radius 1 is 0.895 bits per heavy atom. The van der Waals surface area contributed by atoms with Crippen LogP contribution in [0.4, 0.5) is 0 Å². The molecule has 0 bridgehead atoms. The summed E-state index contributed by atoms with van der Waals surface area (Å²) in [6, 6.07) is 11.1. The lowest BCUT2D eigenvalue weighted by Crippen LogP contribution is -1.84. The van der Waals surface area contributed by atoms with E-state index in [1.165, 1.54) is 0 Å². The number of phenols is 2. The fourth-order valence-electron chi connectivity index (χ4n) is 2.00. The van der Waals surface area contributed by atoms with Crippen LogP contribution in [0.25, 0.3) is 11.6 Å². The molecule has 2 nitrogen and oxygen atoms in total. The average Bonchev–Trinajstić information content (AvgIpc) is 2.37. The zero-order chi connectivity index (χ0) is 14.0. The van der Waals surface area contributed by atoms with Gasteiger partial charge in [0.2, 0.25) is 0 Å². The number of hydrogen-bond donors (Lipinski definition) is 2. The number of phenolic OH excluding ortho intramolecular Hbond substituents is 2. The SMILES string of the molecule is CC(=Cc1ccc(O)c(C)c1)c1ccc(O)c(C)c1. The van der Waals surface area contributed by atoms with E-state index in [1.54, 1.807) is 12.1 Å². The van der Waals surface area contributed by atoms with Crippen molar-refractivity contribution >= 4 is 11.6 Å². The van der Waals surface area contributed by atoms with Gasteiger partial charge in [-0.2, -0.15) is 0 Å². The Morgan fingerprint density at radius 3 is 2.05 bits per heavy atom. The van der Waals surface area contributed by atoms with E-state index in [0.717, 1.165) is 27.8 Å². The second-order valence-corrected chi connectivity index (χ2v) is 4.87. The molecule has 2 heteroatoms. The molecule has 2 N–H and O–H groups in total. The standard InChI is InChI=1S/C17H18O2/c1-11(15-5-7-17(19)13(3)10-15)8-14-4-6-16(18)12(2)9-14/h4-10,18-19H,1-3H3. The molecule has 0 radical (unpaired) electrons. The summed E-state index contributed by atoms with van der Waals surface area (Å²) in [5.41, 5.74) is 4.99. The number of hydrogen-bond acceptors (Lipinski definition) is 2. The van der Waals surface area contributed by atoms with E-state index in [9.17, 15) is 10.2 Å². The van der Waals surface area contributed by atoms with E-state index in [4.69, 9.17) is 0 Å². The van der Waals surface area contributed by atoms with Crippen molar-refractivity contribution in [1.82, 2.24) is 0 Å². The first kappa shape index (κ1) is 13.2. The van der Waals surface area contributed by atoms with Gasteiger partial charge in [0, 0.05) is 0 Å². The second-order valence-electron chi connectivity index (χ2n) is 4.87. The van der Waals surface area contributed by atoms with Crippen LogP contribution in [-0.4, -0.2) is 10.2 Å². The van der Waals surface area contributed by atoms with Crippen LogP contribution >= 0.6 is 0 Å². The topological polar surface area (TPSA) is 40.5 Å². The molecular weight excluding hydrogens is 236 g/mol. The lowest BCUT2D eigenvalue weighted by atomic mass is 10.0. The van der Waals surface area contributed by atoms with E-state index in [-0.39, 0.29) is 0 Å². The van der Waals surface area contributed by atoms with Crippen molar-refractivity contribution in [3.63, 3.8) is 0 Å². The van der Waals surface area contributed by atoms with Gasteiger partial charge in [0.25, 0.3) is 0 Å². The summed E-state index contributed by atoms with van der Waals surface area (Å²) >= 11 is 0. The Hall–Kier alpha value is -2.22. The smallest absolute Gasteiger partial charge is 0.118 e. The molecule has 2 rings (SSSR count). The maximum atomic E-state index is 9.53. The zero-order valence-corrected chi connectivity index (χ0v) is 11.4. The Morgan fingerprint density at radius 2 is 1.47 bits per heavy atom. The van der Waals surface area contributed by atoms with E-state index < -0.39 is 0 Å². The van der Waals surface area contributed by atoms with Gasteiger partial charge in [-0.3, -0.25) is 0 Å². The third-order valence-electron chi connectivity index (χ3n) is 3.26. The van der Waals surface area contributed by atoms with E-state index >= 15 is 0 Å². The molecule has 0 fully saturated rings. The van der Waals surface area contributed by atoms with Crippen molar-refractivity contribution in [2.24, 2.45) is 0 Å². The van der Waals surface area contributed by atoms with Crippen molar-refractivity contribution in [3.05, 3.63) is 58.7 Å². The highest BCUT2D eigenvalue weighted by Gasteiger charge is 2.01. The highest BCUT2D eigenvalue weighted by molar-refractivity contribution is 5.80. The first-order valence-corrected chi connectivity index (χ1v) is 6.25. The summed E-state index contributed by atoms with van der Waals surface area (Å²) in [4.78, 5) is 0. The first-order valence-electron chi connectivity index (χ1n) is 6.25. The van der Waals surface area contributed by atoms with Gasteiger partial charge in [-0.25, -0.2) is 0 Å². The fraction of sp³-hybridized carbons (Fsp3) is 0.176. The van der Waals surface area contributed by atoms with Crippen molar-refractivity contribution in [2.45, 2.75) is 20.8 Å². The molecule has 98 valence electrons. The van der Waals surface area contributed by atoms with Crippen molar-refractivity contribution in [2.75, 3.05) is 0 Å². The maximum Gasteiger partial charge on any atom is 0.118 e. The predicted molar refractivity (Wildman–Crippen MR) is 79.2 cm³/mol. The van der Waals surface area contributed by atoms with Gasteiger partial charge in [0.15, 0.2) is 0 Å².